The molecule has 0 aliphatic heterocycles. The molecule has 1 N–H and O–H groups in total. The minimum Gasteiger partial charge on any atom is -0.459 e. The fourth-order valence-electron chi connectivity index (χ4n) is 4.53. The normalized spacial score (nSPS) is 36.4. The van der Waals surface area contributed by atoms with Crippen LogP contribution in [0.15, 0.2) is 0 Å². The molecular formula is C15H18F4O4. The molecule has 4 nitrogen and oxygen atoms in total. The lowest BCUT2D eigenvalue weighted by Gasteiger charge is -2.54. The highest BCUT2D eigenvalue weighted by Crippen LogP contribution is 2.59. The zero-order chi connectivity index (χ0) is 17.0. The topological polar surface area (TPSA) is 63.6 Å². The van der Waals surface area contributed by atoms with Crippen molar-refractivity contribution in [3.63, 3.8) is 0 Å². The Kier molecular flexibility index (Phi) is 3.74. The molecule has 0 aromatic rings. The van der Waals surface area contributed by atoms with Crippen molar-refractivity contribution in [3.8, 4) is 0 Å². The van der Waals surface area contributed by atoms with E-state index in [1.165, 1.54) is 0 Å². The van der Waals surface area contributed by atoms with Gasteiger partial charge in [0.2, 0.25) is 0 Å². The summed E-state index contributed by atoms with van der Waals surface area (Å²) in [6.07, 6.45) is 2.42. The first-order valence-corrected chi connectivity index (χ1v) is 7.68. The Hall–Kier alpha value is -1.18. The lowest BCUT2D eigenvalue weighted by Crippen LogP contribution is -2.55. The van der Waals surface area contributed by atoms with Crippen LogP contribution < -0.4 is 0 Å². The minimum absolute atomic E-state index is 0.126. The summed E-state index contributed by atoms with van der Waals surface area (Å²) >= 11 is 0. The Morgan fingerprint density at radius 1 is 1.13 bits per heavy atom. The number of ether oxygens (including phenoxy) is 1. The largest absolute Gasteiger partial charge is 0.459 e. The highest BCUT2D eigenvalue weighted by Gasteiger charge is 2.61. The Bertz CT molecular complexity index is 516. The molecule has 23 heavy (non-hydrogen) atoms. The van der Waals surface area contributed by atoms with E-state index < -0.39 is 36.4 Å². The van der Waals surface area contributed by atoms with E-state index in [0.717, 1.165) is 0 Å². The monoisotopic (exact) mass is 338 g/mol. The highest BCUT2D eigenvalue weighted by molar-refractivity contribution is 5.89. The maximum atomic E-state index is 13.4. The predicted molar refractivity (Wildman–Crippen MR) is 68.9 cm³/mol. The van der Waals surface area contributed by atoms with Crippen LogP contribution in [0, 0.1) is 23.2 Å². The summed E-state index contributed by atoms with van der Waals surface area (Å²) < 4.78 is 57.2. The third-order valence-corrected chi connectivity index (χ3v) is 5.55. The number of ketones is 1. The molecule has 0 radical (unpaired) electrons. The number of esters is 1. The van der Waals surface area contributed by atoms with E-state index in [2.05, 4.69) is 4.74 Å². The maximum Gasteiger partial charge on any atom is 0.345 e. The van der Waals surface area contributed by atoms with Crippen molar-refractivity contribution >= 4 is 11.8 Å². The van der Waals surface area contributed by atoms with Crippen molar-refractivity contribution in [3.05, 3.63) is 0 Å². The van der Waals surface area contributed by atoms with E-state index in [1.54, 1.807) is 0 Å². The van der Waals surface area contributed by atoms with E-state index in [4.69, 9.17) is 5.11 Å². The van der Waals surface area contributed by atoms with E-state index in [9.17, 15) is 27.2 Å². The molecule has 4 saturated carbocycles. The van der Waals surface area contributed by atoms with Gasteiger partial charge in [-0.05, 0) is 38.0 Å². The van der Waals surface area contributed by atoms with Crippen molar-refractivity contribution in [2.75, 3.05) is 13.2 Å². The first kappa shape index (κ1) is 16.7. The van der Waals surface area contributed by atoms with Crippen molar-refractivity contribution in [1.82, 2.24) is 0 Å². The molecule has 0 heterocycles. The molecule has 4 aliphatic rings. The van der Waals surface area contributed by atoms with Gasteiger partial charge in [0.05, 0.1) is 5.41 Å². The summed E-state index contributed by atoms with van der Waals surface area (Å²) in [5, 5.41) is 8.35. The standard InChI is InChI=1S/C15H18F4O4/c16-14(17,6-20)15(18,19)7-23-12(22)13-3-8-1-9(4-13)11(21)10(2-8)5-13/h8-10,20H,1-7H2. The Morgan fingerprint density at radius 2 is 1.70 bits per heavy atom. The van der Waals surface area contributed by atoms with Crippen LogP contribution in [0.25, 0.3) is 0 Å². The summed E-state index contributed by atoms with van der Waals surface area (Å²) in [5.41, 5.74) is -0.991. The number of hydrogen-bond donors (Lipinski definition) is 1. The van der Waals surface area contributed by atoms with Gasteiger partial charge in [-0.2, -0.15) is 17.6 Å². The Morgan fingerprint density at radius 3 is 2.22 bits per heavy atom. The van der Waals surface area contributed by atoms with Crippen molar-refractivity contribution in [1.29, 1.82) is 0 Å². The Labute approximate surface area is 130 Å². The summed E-state index contributed by atoms with van der Waals surface area (Å²) in [5.74, 6) is -10.4. The average Bonchev–Trinajstić information content (AvgIpc) is 2.49. The van der Waals surface area contributed by atoms with Crippen molar-refractivity contribution in [2.24, 2.45) is 23.2 Å². The van der Waals surface area contributed by atoms with Gasteiger partial charge in [0.15, 0.2) is 6.61 Å². The molecule has 4 rings (SSSR count). The molecule has 0 saturated heterocycles. The van der Waals surface area contributed by atoms with Crippen LogP contribution in [-0.4, -0.2) is 41.9 Å². The van der Waals surface area contributed by atoms with Gasteiger partial charge in [0, 0.05) is 11.8 Å². The second kappa shape index (κ2) is 5.16. The number of aliphatic hydroxyl groups excluding tert-OH is 1. The van der Waals surface area contributed by atoms with Gasteiger partial charge in [0.25, 0.3) is 0 Å². The SMILES string of the molecule is O=C1C2CC3CC1CC(C(=O)OCC(F)(F)C(F)(F)CO)(C3)C2. The van der Waals surface area contributed by atoms with Crippen molar-refractivity contribution < 1.29 is 37.0 Å². The molecule has 0 amide bonds. The van der Waals surface area contributed by atoms with Crippen LogP contribution in [0.4, 0.5) is 17.6 Å². The van der Waals surface area contributed by atoms with Gasteiger partial charge < -0.3 is 9.84 Å². The molecule has 2 unspecified atom stereocenters. The molecule has 0 aromatic heterocycles. The van der Waals surface area contributed by atoms with Crippen LogP contribution in [0.3, 0.4) is 0 Å². The fraction of sp³-hybridized carbons (Fsp3) is 0.867. The number of carbonyl (C=O) groups excluding carboxylic acids is 2. The first-order valence-electron chi connectivity index (χ1n) is 7.68. The molecule has 2 atom stereocenters. The summed E-state index contributed by atoms with van der Waals surface area (Å²) in [6.45, 7) is -3.79. The molecule has 8 heteroatoms. The van der Waals surface area contributed by atoms with E-state index >= 15 is 0 Å². The number of Topliss-reactive ketones (excluding diaryl/α,β-unsaturated/α-hetero) is 1. The second-order valence-electron chi connectivity index (χ2n) is 7.17. The molecule has 0 spiro atoms. The van der Waals surface area contributed by atoms with Crippen LogP contribution in [-0.2, 0) is 14.3 Å². The number of hydrogen-bond acceptors (Lipinski definition) is 4. The van der Waals surface area contributed by atoms with E-state index in [1.807, 2.05) is 0 Å². The molecule has 4 fully saturated rings. The lowest BCUT2D eigenvalue weighted by molar-refractivity contribution is -0.247. The summed E-state index contributed by atoms with van der Waals surface area (Å²) in [6, 6.07) is 0. The number of aliphatic hydroxyl groups is 1. The lowest BCUT2D eigenvalue weighted by atomic mass is 9.49. The van der Waals surface area contributed by atoms with Crippen LogP contribution in [0.1, 0.15) is 32.1 Å². The van der Waals surface area contributed by atoms with Crippen LogP contribution >= 0.6 is 0 Å². The van der Waals surface area contributed by atoms with Gasteiger partial charge in [-0.25, -0.2) is 0 Å². The molecule has 4 bridgehead atoms. The van der Waals surface area contributed by atoms with Gasteiger partial charge in [-0.1, -0.05) is 0 Å². The first-order chi connectivity index (χ1) is 10.6. The Balaban J connectivity index is 1.69. The zero-order valence-electron chi connectivity index (χ0n) is 12.4. The highest BCUT2D eigenvalue weighted by atomic mass is 19.3. The van der Waals surface area contributed by atoms with Crippen LogP contribution in [0.5, 0.6) is 0 Å². The zero-order valence-corrected chi connectivity index (χ0v) is 12.4. The quantitative estimate of drug-likeness (QED) is 0.617. The number of halogens is 4. The molecular weight excluding hydrogens is 320 g/mol. The van der Waals surface area contributed by atoms with Crippen molar-refractivity contribution in [2.45, 2.75) is 43.9 Å². The third kappa shape index (κ3) is 2.55. The van der Waals surface area contributed by atoms with Crippen LogP contribution in [0.2, 0.25) is 0 Å². The second-order valence-corrected chi connectivity index (χ2v) is 7.17. The number of alkyl halides is 4. The van der Waals surface area contributed by atoms with Gasteiger partial charge in [0.1, 0.15) is 12.4 Å². The number of rotatable bonds is 5. The van der Waals surface area contributed by atoms with Gasteiger partial charge in [-0.3, -0.25) is 9.59 Å². The smallest absolute Gasteiger partial charge is 0.345 e. The molecule has 4 aliphatic carbocycles. The average molecular weight is 338 g/mol. The van der Waals surface area contributed by atoms with E-state index in [-0.39, 0.29) is 36.4 Å². The predicted octanol–water partition coefficient (Wildman–Crippen LogP) is 2.19. The molecule has 130 valence electrons. The van der Waals surface area contributed by atoms with E-state index in [0.29, 0.717) is 19.3 Å². The molecule has 0 aromatic carbocycles. The minimum atomic E-state index is -4.65. The van der Waals surface area contributed by atoms with Gasteiger partial charge in [-0.15, -0.1) is 0 Å². The summed E-state index contributed by atoms with van der Waals surface area (Å²) in [7, 11) is 0. The fourth-order valence-corrected chi connectivity index (χ4v) is 4.53. The van der Waals surface area contributed by atoms with Gasteiger partial charge >= 0.3 is 17.8 Å². The third-order valence-electron chi connectivity index (χ3n) is 5.55. The maximum absolute atomic E-state index is 13.4. The number of carbonyl (C=O) groups is 2. The summed E-state index contributed by atoms with van der Waals surface area (Å²) in [4.78, 5) is 24.3.